The molecule has 0 aliphatic carbocycles. The Bertz CT molecular complexity index is 1210. The number of fused-ring (bicyclic) bond motifs is 1. The number of nitrogens with zero attached hydrogens (tertiary/aromatic N) is 2. The third-order valence-electron chi connectivity index (χ3n) is 6.29. The van der Waals surface area contributed by atoms with Crippen molar-refractivity contribution in [3.05, 3.63) is 74.9 Å². The fourth-order valence-corrected chi connectivity index (χ4v) is 4.49. The highest BCUT2D eigenvalue weighted by Gasteiger charge is 2.23. The van der Waals surface area contributed by atoms with Crippen LogP contribution in [0.2, 0.25) is 0 Å². The second-order valence-electron chi connectivity index (χ2n) is 8.37. The summed E-state index contributed by atoms with van der Waals surface area (Å²) in [4.78, 5) is 41.8. The standard InChI is InChI=1S/C25H30N4O4/c1-33-19-11-9-18(10-12-19)22(28-14-5-2-6-15-28)17-26-23(30)13-16-29-21-8-4-3-7-20(21)24(31)27-25(29)32/h3-4,7-12,22H,2,5-6,13-17H2,1H3,(H,26,30)(H,27,31,32). The van der Waals surface area contributed by atoms with E-state index in [-0.39, 0.29) is 24.9 Å². The van der Waals surface area contributed by atoms with E-state index in [4.69, 9.17) is 4.74 Å². The predicted molar refractivity (Wildman–Crippen MR) is 128 cm³/mol. The van der Waals surface area contributed by atoms with Crippen molar-refractivity contribution >= 4 is 16.8 Å². The van der Waals surface area contributed by atoms with Crippen molar-refractivity contribution in [1.29, 1.82) is 0 Å². The fourth-order valence-electron chi connectivity index (χ4n) is 4.49. The van der Waals surface area contributed by atoms with E-state index in [9.17, 15) is 14.4 Å². The number of benzene rings is 2. The van der Waals surface area contributed by atoms with Crippen molar-refractivity contribution in [2.45, 2.75) is 38.3 Å². The molecule has 8 heteroatoms. The minimum absolute atomic E-state index is 0.0804. The number of aryl methyl sites for hydroxylation is 1. The Balaban J connectivity index is 1.44. The van der Waals surface area contributed by atoms with Crippen LogP contribution in [-0.4, -0.2) is 47.1 Å². The molecule has 0 spiro atoms. The highest BCUT2D eigenvalue weighted by atomic mass is 16.5. The van der Waals surface area contributed by atoms with Crippen molar-refractivity contribution in [3.63, 3.8) is 0 Å². The molecule has 1 aromatic heterocycles. The quantitative estimate of drug-likeness (QED) is 0.550. The van der Waals surface area contributed by atoms with Gasteiger partial charge in [-0.1, -0.05) is 30.7 Å². The summed E-state index contributed by atoms with van der Waals surface area (Å²) in [5, 5.41) is 3.49. The van der Waals surface area contributed by atoms with Crippen LogP contribution in [0, 0.1) is 0 Å². The van der Waals surface area contributed by atoms with Crippen molar-refractivity contribution in [3.8, 4) is 5.75 Å². The van der Waals surface area contributed by atoms with E-state index in [1.807, 2.05) is 12.1 Å². The number of para-hydroxylation sites is 1. The Hall–Kier alpha value is -3.39. The number of aromatic nitrogens is 2. The summed E-state index contributed by atoms with van der Waals surface area (Å²) in [6.07, 6.45) is 3.69. The number of ether oxygens (including phenoxy) is 1. The summed E-state index contributed by atoms with van der Waals surface area (Å²) >= 11 is 0. The maximum Gasteiger partial charge on any atom is 0.328 e. The van der Waals surface area contributed by atoms with Crippen LogP contribution in [0.15, 0.2) is 58.1 Å². The van der Waals surface area contributed by atoms with Crippen molar-refractivity contribution in [2.75, 3.05) is 26.7 Å². The molecule has 33 heavy (non-hydrogen) atoms. The largest absolute Gasteiger partial charge is 0.497 e. The van der Waals surface area contributed by atoms with E-state index in [1.54, 1.807) is 31.4 Å². The smallest absolute Gasteiger partial charge is 0.328 e. The molecule has 174 valence electrons. The number of H-pyrrole nitrogens is 1. The van der Waals surface area contributed by atoms with Gasteiger partial charge in [0, 0.05) is 19.5 Å². The van der Waals surface area contributed by atoms with E-state index in [0.717, 1.165) is 37.2 Å². The van der Waals surface area contributed by atoms with Gasteiger partial charge < -0.3 is 10.1 Å². The zero-order valence-corrected chi connectivity index (χ0v) is 18.9. The molecular weight excluding hydrogens is 420 g/mol. The Labute approximate surface area is 192 Å². The zero-order valence-electron chi connectivity index (χ0n) is 18.9. The molecule has 1 aliphatic heterocycles. The zero-order chi connectivity index (χ0) is 23.2. The first-order chi connectivity index (χ1) is 16.1. The molecular formula is C25H30N4O4. The number of amides is 1. The van der Waals surface area contributed by atoms with E-state index in [2.05, 4.69) is 27.3 Å². The van der Waals surface area contributed by atoms with Crippen LogP contribution in [-0.2, 0) is 11.3 Å². The van der Waals surface area contributed by atoms with Crippen LogP contribution in [0.4, 0.5) is 0 Å². The lowest BCUT2D eigenvalue weighted by atomic mass is 10.0. The maximum atomic E-state index is 12.7. The van der Waals surface area contributed by atoms with Gasteiger partial charge in [-0.15, -0.1) is 0 Å². The number of aromatic amines is 1. The van der Waals surface area contributed by atoms with Gasteiger partial charge in [-0.05, 0) is 55.8 Å². The molecule has 4 rings (SSSR count). The minimum atomic E-state index is -0.504. The van der Waals surface area contributed by atoms with E-state index in [1.165, 1.54) is 11.0 Å². The summed E-state index contributed by atoms with van der Waals surface area (Å²) in [6, 6.07) is 15.0. The molecule has 1 unspecified atom stereocenters. The molecule has 2 heterocycles. The van der Waals surface area contributed by atoms with Gasteiger partial charge in [-0.2, -0.15) is 0 Å². The van der Waals surface area contributed by atoms with Gasteiger partial charge in [-0.3, -0.25) is 24.0 Å². The minimum Gasteiger partial charge on any atom is -0.497 e. The summed E-state index contributed by atoms with van der Waals surface area (Å²) in [6.45, 7) is 2.70. The summed E-state index contributed by atoms with van der Waals surface area (Å²) in [5.41, 5.74) is 0.750. The van der Waals surface area contributed by atoms with Gasteiger partial charge in [0.15, 0.2) is 0 Å². The monoisotopic (exact) mass is 450 g/mol. The number of hydrogen-bond acceptors (Lipinski definition) is 5. The third kappa shape index (κ3) is 5.34. The molecule has 0 saturated carbocycles. The lowest BCUT2D eigenvalue weighted by molar-refractivity contribution is -0.121. The number of likely N-dealkylation sites (tertiary alicyclic amines) is 1. The van der Waals surface area contributed by atoms with Gasteiger partial charge in [0.05, 0.1) is 24.1 Å². The van der Waals surface area contributed by atoms with Crippen molar-refractivity contribution in [2.24, 2.45) is 0 Å². The number of carbonyl (C=O) groups excluding carboxylic acids is 1. The average Bonchev–Trinajstić information content (AvgIpc) is 2.85. The van der Waals surface area contributed by atoms with Crippen LogP contribution in [0.25, 0.3) is 10.9 Å². The van der Waals surface area contributed by atoms with Gasteiger partial charge in [0.2, 0.25) is 5.91 Å². The highest BCUT2D eigenvalue weighted by molar-refractivity contribution is 5.78. The van der Waals surface area contributed by atoms with Gasteiger partial charge >= 0.3 is 5.69 Å². The Morgan fingerprint density at radius 2 is 1.79 bits per heavy atom. The lowest BCUT2D eigenvalue weighted by Crippen LogP contribution is -2.41. The number of carbonyl (C=O) groups is 1. The molecule has 1 fully saturated rings. The normalized spacial score (nSPS) is 15.3. The second kappa shape index (κ2) is 10.5. The van der Waals surface area contributed by atoms with Crippen molar-refractivity contribution in [1.82, 2.24) is 19.8 Å². The maximum absolute atomic E-state index is 12.7. The average molecular weight is 451 g/mol. The van der Waals surface area contributed by atoms with Crippen LogP contribution in [0.1, 0.15) is 37.3 Å². The Morgan fingerprint density at radius 1 is 1.06 bits per heavy atom. The van der Waals surface area contributed by atoms with E-state index < -0.39 is 11.2 Å². The van der Waals surface area contributed by atoms with Crippen molar-refractivity contribution < 1.29 is 9.53 Å². The topological polar surface area (TPSA) is 96.4 Å². The third-order valence-corrected chi connectivity index (χ3v) is 6.29. The molecule has 0 radical (unpaired) electrons. The second-order valence-corrected chi connectivity index (χ2v) is 8.37. The Kier molecular flexibility index (Phi) is 7.24. The molecule has 1 saturated heterocycles. The molecule has 8 nitrogen and oxygen atoms in total. The van der Waals surface area contributed by atoms with E-state index in [0.29, 0.717) is 17.4 Å². The predicted octanol–water partition coefficient (Wildman–Crippen LogP) is 2.43. The fraction of sp³-hybridized carbons (Fsp3) is 0.400. The summed E-state index contributed by atoms with van der Waals surface area (Å²) in [5.74, 6) is 0.673. The molecule has 0 bridgehead atoms. The van der Waals surface area contributed by atoms with Crippen LogP contribution >= 0.6 is 0 Å². The van der Waals surface area contributed by atoms with Gasteiger partial charge in [-0.25, -0.2) is 4.79 Å². The Morgan fingerprint density at radius 3 is 2.52 bits per heavy atom. The lowest BCUT2D eigenvalue weighted by Gasteiger charge is -2.35. The van der Waals surface area contributed by atoms with Crippen LogP contribution in [0.3, 0.4) is 0 Å². The first-order valence-corrected chi connectivity index (χ1v) is 11.4. The summed E-state index contributed by atoms with van der Waals surface area (Å²) < 4.78 is 6.73. The molecule has 1 amide bonds. The number of methoxy groups -OCH3 is 1. The number of hydrogen-bond donors (Lipinski definition) is 2. The van der Waals surface area contributed by atoms with Crippen LogP contribution in [0.5, 0.6) is 5.75 Å². The van der Waals surface area contributed by atoms with E-state index >= 15 is 0 Å². The number of rotatable bonds is 8. The molecule has 3 aromatic rings. The first-order valence-electron chi connectivity index (χ1n) is 11.4. The van der Waals surface area contributed by atoms with Gasteiger partial charge in [0.1, 0.15) is 5.75 Å². The molecule has 2 aromatic carbocycles. The number of piperidine rings is 1. The molecule has 1 aliphatic rings. The number of nitrogens with one attached hydrogen (secondary N) is 2. The summed E-state index contributed by atoms with van der Waals surface area (Å²) in [7, 11) is 1.65. The first kappa shape index (κ1) is 22.8. The highest BCUT2D eigenvalue weighted by Crippen LogP contribution is 2.26. The molecule has 1 atom stereocenters. The van der Waals surface area contributed by atoms with Crippen LogP contribution < -0.4 is 21.3 Å². The SMILES string of the molecule is COc1ccc(C(CNC(=O)CCn2c(=O)[nH]c(=O)c3ccccc32)N2CCCCC2)cc1. The molecule has 2 N–H and O–H groups in total. The van der Waals surface area contributed by atoms with Gasteiger partial charge in [0.25, 0.3) is 5.56 Å².